The third-order valence-electron chi connectivity index (χ3n) is 3.95. The highest BCUT2D eigenvalue weighted by Gasteiger charge is 2.57. The first-order chi connectivity index (χ1) is 7.46. The van der Waals surface area contributed by atoms with Crippen molar-refractivity contribution in [2.75, 3.05) is 20.1 Å². The van der Waals surface area contributed by atoms with Gasteiger partial charge in [0.25, 0.3) is 0 Å². The summed E-state index contributed by atoms with van der Waals surface area (Å²) < 4.78 is 0. The Kier molecular flexibility index (Phi) is 2.97. The van der Waals surface area contributed by atoms with E-state index < -0.39 is 0 Å². The van der Waals surface area contributed by atoms with Gasteiger partial charge in [0.1, 0.15) is 0 Å². The molecule has 0 aromatic rings. The van der Waals surface area contributed by atoms with Crippen LogP contribution in [0.1, 0.15) is 33.6 Å². The molecule has 2 fully saturated rings. The second kappa shape index (κ2) is 4.00. The maximum Gasteiger partial charge on any atom is 0.244 e. The van der Waals surface area contributed by atoms with E-state index in [4.69, 9.17) is 0 Å². The Balaban J connectivity index is 1.88. The van der Waals surface area contributed by atoms with Crippen molar-refractivity contribution in [3.8, 4) is 0 Å². The van der Waals surface area contributed by atoms with E-state index in [2.05, 4.69) is 38.0 Å². The molecule has 4 heteroatoms. The van der Waals surface area contributed by atoms with Crippen LogP contribution in [0.3, 0.4) is 0 Å². The molecule has 1 atom stereocenters. The van der Waals surface area contributed by atoms with Gasteiger partial charge in [0.2, 0.25) is 5.91 Å². The van der Waals surface area contributed by atoms with Crippen molar-refractivity contribution in [3.05, 3.63) is 0 Å². The summed E-state index contributed by atoms with van der Waals surface area (Å²) in [4.78, 5) is 16.4. The molecule has 1 aliphatic heterocycles. The number of hydrogen-bond donors (Lipinski definition) is 1. The Hall–Kier alpha value is -0.610. The minimum absolute atomic E-state index is 0.157. The lowest BCUT2D eigenvalue weighted by Gasteiger charge is -2.26. The zero-order valence-corrected chi connectivity index (χ0v) is 10.8. The SMILES string of the molecule is CC(C)N(C)CCN1C(=O)C2(CC2)NC1C. The standard InChI is InChI=1S/C12H23N3O/c1-9(2)14(4)7-8-15-10(3)13-12(5-6-12)11(15)16/h9-10,13H,5-8H2,1-4H3. The molecule has 0 aromatic carbocycles. The van der Waals surface area contributed by atoms with E-state index in [0.29, 0.717) is 11.9 Å². The highest BCUT2D eigenvalue weighted by molar-refractivity contribution is 5.91. The van der Waals surface area contributed by atoms with Crippen LogP contribution in [0.2, 0.25) is 0 Å². The van der Waals surface area contributed by atoms with Crippen LogP contribution in [-0.4, -0.2) is 53.6 Å². The Morgan fingerprint density at radius 1 is 1.56 bits per heavy atom. The lowest BCUT2D eigenvalue weighted by Crippen LogP contribution is -2.41. The van der Waals surface area contributed by atoms with E-state index in [-0.39, 0.29) is 11.7 Å². The summed E-state index contributed by atoms with van der Waals surface area (Å²) in [5.41, 5.74) is -0.157. The van der Waals surface area contributed by atoms with Crippen LogP contribution in [0, 0.1) is 0 Å². The monoisotopic (exact) mass is 225 g/mol. The van der Waals surface area contributed by atoms with Crippen molar-refractivity contribution in [2.24, 2.45) is 0 Å². The summed E-state index contributed by atoms with van der Waals surface area (Å²) in [7, 11) is 2.11. The van der Waals surface area contributed by atoms with Gasteiger partial charge in [0.05, 0.1) is 11.7 Å². The third kappa shape index (κ3) is 1.96. The molecular weight excluding hydrogens is 202 g/mol. The minimum atomic E-state index is -0.157. The number of rotatable bonds is 4. The molecule has 1 heterocycles. The van der Waals surface area contributed by atoms with Crippen LogP contribution >= 0.6 is 0 Å². The predicted molar refractivity (Wildman–Crippen MR) is 64.0 cm³/mol. The summed E-state index contributed by atoms with van der Waals surface area (Å²) in [6, 6.07) is 0.538. The molecule has 1 spiro atoms. The summed E-state index contributed by atoms with van der Waals surface area (Å²) in [5.74, 6) is 0.317. The second-order valence-corrected chi connectivity index (χ2v) is 5.48. The molecule has 1 saturated carbocycles. The summed E-state index contributed by atoms with van der Waals surface area (Å²) in [5, 5.41) is 3.41. The fourth-order valence-corrected chi connectivity index (χ4v) is 2.29. The summed E-state index contributed by atoms with van der Waals surface area (Å²) in [6.07, 6.45) is 2.25. The molecule has 1 amide bonds. The number of nitrogens with one attached hydrogen (secondary N) is 1. The maximum absolute atomic E-state index is 12.1. The molecule has 0 bridgehead atoms. The molecule has 2 rings (SSSR count). The molecule has 16 heavy (non-hydrogen) atoms. The molecule has 92 valence electrons. The number of amides is 1. The topological polar surface area (TPSA) is 35.6 Å². The van der Waals surface area contributed by atoms with Crippen LogP contribution in [0.4, 0.5) is 0 Å². The highest BCUT2D eigenvalue weighted by atomic mass is 16.2. The predicted octanol–water partition coefficient (Wildman–Crippen LogP) is 0.637. The smallest absolute Gasteiger partial charge is 0.244 e. The molecular formula is C12H23N3O. The zero-order valence-electron chi connectivity index (χ0n) is 10.8. The van der Waals surface area contributed by atoms with Gasteiger partial charge in [-0.15, -0.1) is 0 Å². The van der Waals surface area contributed by atoms with Crippen molar-refractivity contribution in [3.63, 3.8) is 0 Å². The Morgan fingerprint density at radius 2 is 2.19 bits per heavy atom. The fraction of sp³-hybridized carbons (Fsp3) is 0.917. The Labute approximate surface area is 98.0 Å². The fourth-order valence-electron chi connectivity index (χ4n) is 2.29. The van der Waals surface area contributed by atoms with Crippen LogP contribution in [-0.2, 0) is 4.79 Å². The van der Waals surface area contributed by atoms with Gasteiger partial charge in [0.15, 0.2) is 0 Å². The molecule has 1 aliphatic carbocycles. The van der Waals surface area contributed by atoms with Crippen LogP contribution < -0.4 is 5.32 Å². The third-order valence-corrected chi connectivity index (χ3v) is 3.95. The summed E-state index contributed by atoms with van der Waals surface area (Å²) >= 11 is 0. The van der Waals surface area contributed by atoms with Crippen molar-refractivity contribution in [1.29, 1.82) is 0 Å². The average Bonchev–Trinajstić information content (AvgIpc) is 2.93. The molecule has 0 radical (unpaired) electrons. The van der Waals surface area contributed by atoms with E-state index in [1.165, 1.54) is 0 Å². The van der Waals surface area contributed by atoms with Gasteiger partial charge in [-0.1, -0.05) is 0 Å². The highest BCUT2D eigenvalue weighted by Crippen LogP contribution is 2.41. The molecule has 1 N–H and O–H groups in total. The molecule has 1 unspecified atom stereocenters. The maximum atomic E-state index is 12.1. The van der Waals surface area contributed by atoms with Crippen LogP contribution in [0.5, 0.6) is 0 Å². The van der Waals surface area contributed by atoms with E-state index in [1.807, 2.05) is 4.90 Å². The number of nitrogens with zero attached hydrogens (tertiary/aromatic N) is 2. The van der Waals surface area contributed by atoms with Crippen molar-refractivity contribution in [1.82, 2.24) is 15.1 Å². The Bertz CT molecular complexity index is 286. The molecule has 2 aliphatic rings. The average molecular weight is 225 g/mol. The van der Waals surface area contributed by atoms with E-state index in [0.717, 1.165) is 25.9 Å². The molecule has 0 aromatic heterocycles. The second-order valence-electron chi connectivity index (χ2n) is 5.48. The van der Waals surface area contributed by atoms with Crippen molar-refractivity contribution < 1.29 is 4.79 Å². The van der Waals surface area contributed by atoms with E-state index >= 15 is 0 Å². The van der Waals surface area contributed by atoms with E-state index in [1.54, 1.807) is 0 Å². The van der Waals surface area contributed by atoms with Gasteiger partial charge in [0, 0.05) is 19.1 Å². The Morgan fingerprint density at radius 3 is 2.62 bits per heavy atom. The van der Waals surface area contributed by atoms with Crippen LogP contribution in [0.15, 0.2) is 0 Å². The molecule has 4 nitrogen and oxygen atoms in total. The first-order valence-electron chi connectivity index (χ1n) is 6.25. The van der Waals surface area contributed by atoms with Crippen molar-refractivity contribution >= 4 is 5.91 Å². The van der Waals surface area contributed by atoms with Gasteiger partial charge in [-0.3, -0.25) is 10.1 Å². The molecule has 1 saturated heterocycles. The first kappa shape index (κ1) is 11.9. The largest absolute Gasteiger partial charge is 0.325 e. The lowest BCUT2D eigenvalue weighted by molar-refractivity contribution is -0.130. The quantitative estimate of drug-likeness (QED) is 0.762. The van der Waals surface area contributed by atoms with Gasteiger partial charge in [-0.05, 0) is 40.7 Å². The number of likely N-dealkylation sites (N-methyl/N-ethyl adjacent to an activating group) is 1. The van der Waals surface area contributed by atoms with Crippen LogP contribution in [0.25, 0.3) is 0 Å². The van der Waals surface area contributed by atoms with Gasteiger partial charge >= 0.3 is 0 Å². The number of carbonyl (C=O) groups excluding carboxylic acids is 1. The van der Waals surface area contributed by atoms with Gasteiger partial charge in [-0.25, -0.2) is 0 Å². The first-order valence-corrected chi connectivity index (χ1v) is 6.25. The normalized spacial score (nSPS) is 27.5. The zero-order chi connectivity index (χ0) is 11.9. The van der Waals surface area contributed by atoms with Crippen molar-refractivity contribution in [2.45, 2.75) is 51.4 Å². The summed E-state index contributed by atoms with van der Waals surface area (Å²) in [6.45, 7) is 8.22. The van der Waals surface area contributed by atoms with E-state index in [9.17, 15) is 4.79 Å². The lowest BCUT2D eigenvalue weighted by atomic mass is 10.2. The van der Waals surface area contributed by atoms with Gasteiger partial charge < -0.3 is 9.80 Å². The minimum Gasteiger partial charge on any atom is -0.325 e. The number of carbonyl (C=O) groups is 1. The number of hydrogen-bond acceptors (Lipinski definition) is 3. The van der Waals surface area contributed by atoms with Gasteiger partial charge in [-0.2, -0.15) is 0 Å².